The Morgan fingerprint density at radius 1 is 1.00 bits per heavy atom. The molecule has 0 aliphatic rings. The summed E-state index contributed by atoms with van der Waals surface area (Å²) in [6.45, 7) is 3.51. The van der Waals surface area contributed by atoms with Crippen molar-refractivity contribution in [1.82, 2.24) is 0 Å². The molecule has 7 heteroatoms. The van der Waals surface area contributed by atoms with Gasteiger partial charge in [0.15, 0.2) is 11.5 Å². The minimum Gasteiger partial charge on any atom is -0.508 e. The minimum absolute atomic E-state index is 0.00215. The van der Waals surface area contributed by atoms with Gasteiger partial charge in [-0.1, -0.05) is 6.08 Å². The highest BCUT2D eigenvalue weighted by Crippen LogP contribution is 2.50. The van der Waals surface area contributed by atoms with Crippen LogP contribution >= 0.6 is 7.37 Å². The summed E-state index contributed by atoms with van der Waals surface area (Å²) in [5, 5.41) is 38.2. The quantitative estimate of drug-likeness (QED) is 0.498. The minimum atomic E-state index is -3.61. The van der Waals surface area contributed by atoms with Crippen LogP contribution in [0.3, 0.4) is 0 Å². The summed E-state index contributed by atoms with van der Waals surface area (Å²) in [7, 11) is -3.61. The fraction of sp³-hybridized carbons (Fsp3) is 0.0667. The van der Waals surface area contributed by atoms with E-state index in [4.69, 9.17) is 4.52 Å². The van der Waals surface area contributed by atoms with Gasteiger partial charge in [0.1, 0.15) is 17.2 Å². The molecule has 0 aromatic heterocycles. The first-order valence-corrected chi connectivity index (χ1v) is 8.11. The molecule has 22 heavy (non-hydrogen) atoms. The molecule has 6 nitrogen and oxygen atoms in total. The van der Waals surface area contributed by atoms with E-state index in [2.05, 4.69) is 6.58 Å². The molecule has 0 spiro atoms. The Balaban J connectivity index is 2.48. The van der Waals surface area contributed by atoms with Crippen molar-refractivity contribution in [3.8, 4) is 28.7 Å². The van der Waals surface area contributed by atoms with E-state index in [9.17, 15) is 25.0 Å². The largest absolute Gasteiger partial charge is 0.508 e. The van der Waals surface area contributed by atoms with Crippen LogP contribution in [0.1, 0.15) is 0 Å². The van der Waals surface area contributed by atoms with Crippen LogP contribution in [-0.2, 0) is 4.57 Å². The number of aromatic hydroxyl groups is 4. The van der Waals surface area contributed by atoms with E-state index >= 15 is 0 Å². The molecule has 116 valence electrons. The van der Waals surface area contributed by atoms with Gasteiger partial charge in [0, 0.05) is 12.1 Å². The molecule has 0 heterocycles. The van der Waals surface area contributed by atoms with Gasteiger partial charge in [-0.3, -0.25) is 4.57 Å². The Morgan fingerprint density at radius 2 is 1.59 bits per heavy atom. The van der Waals surface area contributed by atoms with Gasteiger partial charge in [-0.15, -0.1) is 6.58 Å². The highest BCUT2D eigenvalue weighted by Gasteiger charge is 2.30. The fourth-order valence-corrected chi connectivity index (χ4v) is 3.79. The number of phenols is 4. The predicted molar refractivity (Wildman–Crippen MR) is 82.5 cm³/mol. The van der Waals surface area contributed by atoms with E-state index in [0.717, 1.165) is 12.1 Å². The summed E-state index contributed by atoms with van der Waals surface area (Å²) in [4.78, 5) is 0. The smallest absolute Gasteiger partial charge is 0.284 e. The molecule has 0 aliphatic heterocycles. The van der Waals surface area contributed by atoms with Crippen LogP contribution in [0, 0.1) is 0 Å². The second-order valence-corrected chi connectivity index (χ2v) is 6.94. The van der Waals surface area contributed by atoms with Crippen molar-refractivity contribution < 1.29 is 29.5 Å². The zero-order valence-electron chi connectivity index (χ0n) is 11.5. The fourth-order valence-electron chi connectivity index (χ4n) is 1.90. The molecule has 0 radical (unpaired) electrons. The number of hydrogen-bond donors (Lipinski definition) is 4. The molecule has 2 aromatic carbocycles. The molecule has 0 aliphatic carbocycles. The summed E-state index contributed by atoms with van der Waals surface area (Å²) in [6, 6.07) is 7.18. The number of hydrogen-bond acceptors (Lipinski definition) is 6. The van der Waals surface area contributed by atoms with Gasteiger partial charge in [0.25, 0.3) is 7.37 Å². The third kappa shape index (κ3) is 3.18. The van der Waals surface area contributed by atoms with Crippen LogP contribution in [-0.4, -0.2) is 26.6 Å². The Bertz CT molecular complexity index is 756. The monoisotopic (exact) mass is 322 g/mol. The second kappa shape index (κ2) is 6.03. The van der Waals surface area contributed by atoms with Gasteiger partial charge in [0.2, 0.25) is 0 Å². The topological polar surface area (TPSA) is 107 Å². The summed E-state index contributed by atoms with van der Waals surface area (Å²) in [5.41, 5.74) is 0. The zero-order chi connectivity index (χ0) is 16.3. The molecule has 0 saturated heterocycles. The molecule has 1 atom stereocenters. The Morgan fingerprint density at radius 3 is 2.14 bits per heavy atom. The number of allylic oxidation sites excluding steroid dienone is 1. The molecule has 0 amide bonds. The Labute approximate surface area is 127 Å². The highest BCUT2D eigenvalue weighted by molar-refractivity contribution is 7.67. The predicted octanol–water partition coefficient (Wildman–Crippen LogP) is 2.68. The molecule has 2 rings (SSSR count). The van der Waals surface area contributed by atoms with Crippen molar-refractivity contribution in [3.63, 3.8) is 0 Å². The lowest BCUT2D eigenvalue weighted by molar-refractivity contribution is 0.419. The van der Waals surface area contributed by atoms with E-state index in [1.807, 2.05) is 0 Å². The standard InChI is InChI=1S/C15H15O6P/c1-2-7-22(20,15-6-4-11(17)9-13(15)19)21-14-5-3-10(16)8-12(14)18/h2-6,8-9,16-19H,1,7H2. The average molecular weight is 322 g/mol. The number of benzene rings is 2. The normalized spacial score (nSPS) is 13.3. The van der Waals surface area contributed by atoms with Gasteiger partial charge < -0.3 is 24.9 Å². The summed E-state index contributed by atoms with van der Waals surface area (Å²) >= 11 is 0. The van der Waals surface area contributed by atoms with Gasteiger partial charge in [-0.25, -0.2) is 0 Å². The van der Waals surface area contributed by atoms with E-state index < -0.39 is 7.37 Å². The van der Waals surface area contributed by atoms with Crippen LogP contribution < -0.4 is 9.83 Å². The van der Waals surface area contributed by atoms with E-state index in [-0.39, 0.29) is 40.2 Å². The molecule has 4 N–H and O–H groups in total. The second-order valence-electron chi connectivity index (χ2n) is 4.56. The maximum Gasteiger partial charge on any atom is 0.284 e. The van der Waals surface area contributed by atoms with Crippen molar-refractivity contribution >= 4 is 12.7 Å². The maximum atomic E-state index is 13.0. The van der Waals surface area contributed by atoms with Gasteiger partial charge in [0.05, 0.1) is 11.5 Å². The summed E-state index contributed by atoms with van der Waals surface area (Å²) in [6.07, 6.45) is 1.27. The van der Waals surface area contributed by atoms with Crippen molar-refractivity contribution in [1.29, 1.82) is 0 Å². The van der Waals surface area contributed by atoms with Crippen LogP contribution in [0.2, 0.25) is 0 Å². The first-order chi connectivity index (χ1) is 10.4. The van der Waals surface area contributed by atoms with Crippen molar-refractivity contribution in [3.05, 3.63) is 49.1 Å². The first-order valence-electron chi connectivity index (χ1n) is 6.30. The third-order valence-electron chi connectivity index (χ3n) is 2.88. The average Bonchev–Trinajstić information content (AvgIpc) is 2.42. The zero-order valence-corrected chi connectivity index (χ0v) is 12.4. The summed E-state index contributed by atoms with van der Waals surface area (Å²) < 4.78 is 18.5. The molecule has 0 bridgehead atoms. The lowest BCUT2D eigenvalue weighted by Crippen LogP contribution is -2.12. The number of phenolic OH excluding ortho intramolecular Hbond substituents is 4. The van der Waals surface area contributed by atoms with Crippen LogP contribution in [0.5, 0.6) is 28.7 Å². The SMILES string of the molecule is C=CCP(=O)(Oc1ccc(O)cc1O)c1ccc(O)cc1O. The number of rotatable bonds is 5. The molecule has 0 fully saturated rings. The molecular formula is C15H15O6P. The highest BCUT2D eigenvalue weighted by atomic mass is 31.2. The van der Waals surface area contributed by atoms with E-state index in [1.165, 1.54) is 30.3 Å². The molecule has 2 aromatic rings. The Hall–Kier alpha value is -2.59. The maximum absolute atomic E-state index is 13.0. The molecular weight excluding hydrogens is 307 g/mol. The van der Waals surface area contributed by atoms with Crippen molar-refractivity contribution in [2.45, 2.75) is 0 Å². The van der Waals surface area contributed by atoms with Crippen molar-refractivity contribution in [2.75, 3.05) is 6.16 Å². The lowest BCUT2D eigenvalue weighted by Gasteiger charge is -2.20. The van der Waals surface area contributed by atoms with E-state index in [0.29, 0.717) is 0 Å². The molecule has 0 saturated carbocycles. The summed E-state index contributed by atoms with van der Waals surface area (Å²) in [5.74, 6) is -1.23. The van der Waals surface area contributed by atoms with Gasteiger partial charge in [-0.05, 0) is 24.3 Å². The molecule has 1 unspecified atom stereocenters. The third-order valence-corrected chi connectivity index (χ3v) is 5.23. The van der Waals surface area contributed by atoms with Crippen molar-refractivity contribution in [2.24, 2.45) is 0 Å². The van der Waals surface area contributed by atoms with Gasteiger partial charge >= 0.3 is 0 Å². The van der Waals surface area contributed by atoms with Crippen LogP contribution in [0.4, 0.5) is 0 Å². The van der Waals surface area contributed by atoms with Crippen LogP contribution in [0.25, 0.3) is 0 Å². The van der Waals surface area contributed by atoms with E-state index in [1.54, 1.807) is 0 Å². The first kappa shape index (κ1) is 15.8. The Kier molecular flexibility index (Phi) is 4.33. The lowest BCUT2D eigenvalue weighted by atomic mass is 10.3. The van der Waals surface area contributed by atoms with Crippen LogP contribution in [0.15, 0.2) is 49.1 Å². The van der Waals surface area contributed by atoms with Gasteiger partial charge in [-0.2, -0.15) is 0 Å².